The van der Waals surface area contributed by atoms with Crippen molar-refractivity contribution >= 4 is 11.6 Å². The van der Waals surface area contributed by atoms with Crippen LogP contribution in [0.5, 0.6) is 0 Å². The van der Waals surface area contributed by atoms with Gasteiger partial charge in [-0.3, -0.25) is 4.79 Å². The summed E-state index contributed by atoms with van der Waals surface area (Å²) in [5.74, 6) is -0.0443. The maximum atomic E-state index is 11.9. The van der Waals surface area contributed by atoms with Gasteiger partial charge in [0.05, 0.1) is 5.69 Å². The lowest BCUT2D eigenvalue weighted by Gasteiger charge is -2.17. The average molecular weight is 207 g/mol. The molecule has 0 radical (unpaired) electrons. The van der Waals surface area contributed by atoms with Gasteiger partial charge in [-0.1, -0.05) is 12.2 Å². The second-order valence-electron chi connectivity index (χ2n) is 3.89. The van der Waals surface area contributed by atoms with E-state index in [4.69, 9.17) is 5.73 Å². The molecular formula is C11H17N3O. The van der Waals surface area contributed by atoms with Gasteiger partial charge >= 0.3 is 0 Å². The molecule has 0 bridgehead atoms. The van der Waals surface area contributed by atoms with Gasteiger partial charge in [-0.15, -0.1) is 0 Å². The van der Waals surface area contributed by atoms with E-state index in [2.05, 4.69) is 6.58 Å². The predicted octanol–water partition coefficient (Wildman–Crippen LogP) is 1.26. The Morgan fingerprint density at radius 1 is 1.67 bits per heavy atom. The summed E-state index contributed by atoms with van der Waals surface area (Å²) in [7, 11) is 3.55. The zero-order valence-corrected chi connectivity index (χ0v) is 9.45. The molecule has 0 aromatic carbocycles. The number of hydrogen-bond donors (Lipinski definition) is 1. The zero-order chi connectivity index (χ0) is 11.6. The average Bonchev–Trinajstić information content (AvgIpc) is 2.42. The molecule has 4 heteroatoms. The zero-order valence-electron chi connectivity index (χ0n) is 9.45. The summed E-state index contributed by atoms with van der Waals surface area (Å²) < 4.78 is 1.73. The molecule has 1 aromatic rings. The number of likely N-dealkylation sites (N-methyl/N-ethyl adjacent to an activating group) is 1. The molecule has 0 atom stereocenters. The van der Waals surface area contributed by atoms with Gasteiger partial charge in [0.1, 0.15) is 5.69 Å². The molecule has 0 aliphatic rings. The fourth-order valence-electron chi connectivity index (χ4n) is 1.47. The minimum absolute atomic E-state index is 0.0443. The van der Waals surface area contributed by atoms with Crippen molar-refractivity contribution in [2.24, 2.45) is 7.05 Å². The van der Waals surface area contributed by atoms with Gasteiger partial charge in [0, 0.05) is 26.8 Å². The fraction of sp³-hybridized carbons (Fsp3) is 0.364. The van der Waals surface area contributed by atoms with Crippen molar-refractivity contribution in [3.8, 4) is 0 Å². The van der Waals surface area contributed by atoms with Crippen LogP contribution in [0.15, 0.2) is 24.4 Å². The summed E-state index contributed by atoms with van der Waals surface area (Å²) in [6, 6.07) is 1.68. The van der Waals surface area contributed by atoms with E-state index in [0.717, 1.165) is 5.57 Å². The third kappa shape index (κ3) is 2.62. The van der Waals surface area contributed by atoms with Crippen molar-refractivity contribution < 1.29 is 4.79 Å². The van der Waals surface area contributed by atoms with E-state index in [-0.39, 0.29) is 5.91 Å². The van der Waals surface area contributed by atoms with Crippen LogP contribution in [0.1, 0.15) is 17.4 Å². The minimum atomic E-state index is -0.0443. The number of hydrogen-bond acceptors (Lipinski definition) is 2. The Morgan fingerprint density at radius 2 is 2.27 bits per heavy atom. The van der Waals surface area contributed by atoms with Crippen molar-refractivity contribution in [1.29, 1.82) is 0 Å². The van der Waals surface area contributed by atoms with E-state index in [9.17, 15) is 4.79 Å². The minimum Gasteiger partial charge on any atom is -0.397 e. The lowest BCUT2D eigenvalue weighted by atomic mass is 10.3. The Kier molecular flexibility index (Phi) is 3.19. The van der Waals surface area contributed by atoms with Crippen molar-refractivity contribution in [2.45, 2.75) is 6.92 Å². The summed E-state index contributed by atoms with van der Waals surface area (Å²) >= 11 is 0. The summed E-state index contributed by atoms with van der Waals surface area (Å²) in [6.45, 7) is 6.22. The molecular weight excluding hydrogens is 190 g/mol. The van der Waals surface area contributed by atoms with E-state index in [1.807, 2.05) is 6.92 Å². The molecule has 82 valence electrons. The SMILES string of the molecule is C=C(C)CN(C)C(=O)c1cc(N)cn1C. The Morgan fingerprint density at radius 3 is 2.67 bits per heavy atom. The van der Waals surface area contributed by atoms with Gasteiger partial charge in [-0.05, 0) is 13.0 Å². The van der Waals surface area contributed by atoms with Crippen LogP contribution in [0.2, 0.25) is 0 Å². The Labute approximate surface area is 90.0 Å². The molecule has 0 spiro atoms. The van der Waals surface area contributed by atoms with Crippen molar-refractivity contribution in [3.05, 3.63) is 30.1 Å². The number of amides is 1. The Balaban J connectivity index is 2.84. The highest BCUT2D eigenvalue weighted by Gasteiger charge is 2.15. The number of rotatable bonds is 3. The van der Waals surface area contributed by atoms with Crippen molar-refractivity contribution in [3.63, 3.8) is 0 Å². The molecule has 1 aromatic heterocycles. The fourth-order valence-corrected chi connectivity index (χ4v) is 1.47. The first-order chi connectivity index (χ1) is 6.91. The van der Waals surface area contributed by atoms with Gasteiger partial charge in [0.15, 0.2) is 0 Å². The second kappa shape index (κ2) is 4.21. The molecule has 0 fully saturated rings. The van der Waals surface area contributed by atoms with E-state index < -0.39 is 0 Å². The molecule has 0 saturated carbocycles. The number of carbonyl (C=O) groups is 1. The molecule has 1 rings (SSSR count). The van der Waals surface area contributed by atoms with Crippen LogP contribution in [-0.4, -0.2) is 29.0 Å². The standard InChI is InChI=1S/C11H17N3O/c1-8(2)6-14(4)11(15)10-5-9(12)7-13(10)3/h5,7H,1,6,12H2,2-4H3. The van der Waals surface area contributed by atoms with Gasteiger partial charge in [0.2, 0.25) is 0 Å². The Hall–Kier alpha value is -1.71. The maximum absolute atomic E-state index is 11.9. The largest absolute Gasteiger partial charge is 0.397 e. The van der Waals surface area contributed by atoms with Gasteiger partial charge in [0.25, 0.3) is 5.91 Å². The summed E-state index contributed by atoms with van der Waals surface area (Å²) in [5.41, 5.74) is 7.76. The summed E-state index contributed by atoms with van der Waals surface area (Å²) in [4.78, 5) is 13.5. The number of nitrogens with two attached hydrogens (primary N) is 1. The van der Waals surface area contributed by atoms with Crippen LogP contribution < -0.4 is 5.73 Å². The molecule has 0 saturated heterocycles. The van der Waals surface area contributed by atoms with Crippen LogP contribution in [0.4, 0.5) is 5.69 Å². The van der Waals surface area contributed by atoms with E-state index in [0.29, 0.717) is 17.9 Å². The number of nitrogens with zero attached hydrogens (tertiary/aromatic N) is 2. The van der Waals surface area contributed by atoms with Crippen LogP contribution in [-0.2, 0) is 7.05 Å². The molecule has 15 heavy (non-hydrogen) atoms. The highest BCUT2D eigenvalue weighted by atomic mass is 16.2. The summed E-state index contributed by atoms with van der Waals surface area (Å²) in [5, 5.41) is 0. The van der Waals surface area contributed by atoms with E-state index in [1.54, 1.807) is 35.8 Å². The molecule has 1 amide bonds. The number of aromatic nitrogens is 1. The number of aryl methyl sites for hydroxylation is 1. The second-order valence-corrected chi connectivity index (χ2v) is 3.89. The highest BCUT2D eigenvalue weighted by molar-refractivity contribution is 5.93. The van der Waals surface area contributed by atoms with Crippen molar-refractivity contribution in [2.75, 3.05) is 19.3 Å². The van der Waals surface area contributed by atoms with Crippen LogP contribution in [0.25, 0.3) is 0 Å². The Bertz CT molecular complexity index is 393. The topological polar surface area (TPSA) is 51.3 Å². The molecule has 4 nitrogen and oxygen atoms in total. The first kappa shape index (κ1) is 11.4. The van der Waals surface area contributed by atoms with E-state index in [1.165, 1.54) is 0 Å². The molecule has 2 N–H and O–H groups in total. The molecule has 0 unspecified atom stereocenters. The lowest BCUT2D eigenvalue weighted by Crippen LogP contribution is -2.29. The number of anilines is 1. The monoisotopic (exact) mass is 207 g/mol. The number of carbonyl (C=O) groups excluding carboxylic acids is 1. The predicted molar refractivity (Wildman–Crippen MR) is 61.6 cm³/mol. The van der Waals surface area contributed by atoms with Gasteiger partial charge in [-0.2, -0.15) is 0 Å². The smallest absolute Gasteiger partial charge is 0.270 e. The lowest BCUT2D eigenvalue weighted by molar-refractivity contribution is 0.0797. The van der Waals surface area contributed by atoms with Gasteiger partial charge in [-0.25, -0.2) is 0 Å². The quantitative estimate of drug-likeness (QED) is 0.758. The third-order valence-electron chi connectivity index (χ3n) is 2.10. The first-order valence-corrected chi connectivity index (χ1v) is 4.73. The van der Waals surface area contributed by atoms with Gasteiger partial charge < -0.3 is 15.2 Å². The summed E-state index contributed by atoms with van der Waals surface area (Å²) in [6.07, 6.45) is 1.72. The highest BCUT2D eigenvalue weighted by Crippen LogP contribution is 2.11. The van der Waals surface area contributed by atoms with E-state index >= 15 is 0 Å². The first-order valence-electron chi connectivity index (χ1n) is 4.73. The van der Waals surface area contributed by atoms with Crippen LogP contribution >= 0.6 is 0 Å². The third-order valence-corrected chi connectivity index (χ3v) is 2.10. The number of nitrogen functional groups attached to an aromatic ring is 1. The van der Waals surface area contributed by atoms with Crippen LogP contribution in [0.3, 0.4) is 0 Å². The van der Waals surface area contributed by atoms with Crippen molar-refractivity contribution in [1.82, 2.24) is 9.47 Å². The maximum Gasteiger partial charge on any atom is 0.270 e. The molecule has 1 heterocycles. The molecule has 0 aliphatic carbocycles. The van der Waals surface area contributed by atoms with Crippen LogP contribution in [0, 0.1) is 0 Å². The normalized spacial score (nSPS) is 10.1. The molecule has 0 aliphatic heterocycles.